The summed E-state index contributed by atoms with van der Waals surface area (Å²) in [7, 11) is 4.01. The van der Waals surface area contributed by atoms with Gasteiger partial charge in [-0.3, -0.25) is 9.78 Å². The fraction of sp³-hybridized carbons (Fsp3) is 0.333. The van der Waals surface area contributed by atoms with Gasteiger partial charge in [-0.05, 0) is 51.2 Å². The van der Waals surface area contributed by atoms with Crippen molar-refractivity contribution in [2.75, 3.05) is 20.6 Å². The first-order valence-electron chi connectivity index (χ1n) is 8.88. The summed E-state index contributed by atoms with van der Waals surface area (Å²) in [5, 5.41) is 0. The van der Waals surface area contributed by atoms with Gasteiger partial charge in [-0.15, -0.1) is 0 Å². The molecule has 0 aliphatic carbocycles. The van der Waals surface area contributed by atoms with E-state index in [1.807, 2.05) is 37.2 Å². The lowest BCUT2D eigenvalue weighted by atomic mass is 10.1. The number of nitrogens with zero attached hydrogens (tertiary/aromatic N) is 3. The van der Waals surface area contributed by atoms with E-state index in [0.717, 1.165) is 30.8 Å². The zero-order valence-corrected chi connectivity index (χ0v) is 15.2. The number of carbonyl (C=O) groups is 1. The molecule has 0 saturated carbocycles. The van der Waals surface area contributed by atoms with Gasteiger partial charge in [0.25, 0.3) is 0 Å². The van der Waals surface area contributed by atoms with Gasteiger partial charge < -0.3 is 9.80 Å². The zero-order chi connectivity index (χ0) is 18.5. The molecular weight excluding hydrogens is 329 g/mol. The maximum absolute atomic E-state index is 13.7. The highest BCUT2D eigenvalue weighted by atomic mass is 19.1. The Hall–Kier alpha value is -2.53. The summed E-state index contributed by atoms with van der Waals surface area (Å²) in [4.78, 5) is 21.3. The molecule has 2 heterocycles. The van der Waals surface area contributed by atoms with Crippen molar-refractivity contribution in [1.29, 1.82) is 0 Å². The van der Waals surface area contributed by atoms with Crippen LogP contribution in [0.5, 0.6) is 0 Å². The highest BCUT2D eigenvalue weighted by Crippen LogP contribution is 2.31. The molecule has 1 aromatic heterocycles. The molecule has 0 radical (unpaired) electrons. The Morgan fingerprint density at radius 1 is 1.27 bits per heavy atom. The molecule has 0 N–H and O–H groups in total. The summed E-state index contributed by atoms with van der Waals surface area (Å²) in [5.41, 5.74) is 2.34. The minimum atomic E-state index is -0.326. The third-order valence-corrected chi connectivity index (χ3v) is 4.49. The molecule has 26 heavy (non-hydrogen) atoms. The van der Waals surface area contributed by atoms with E-state index >= 15 is 0 Å². The molecule has 3 rings (SSSR count). The Bertz CT molecular complexity index is 803. The Morgan fingerprint density at radius 2 is 2.08 bits per heavy atom. The number of carbonyl (C=O) groups excluding carboxylic acids is 1. The van der Waals surface area contributed by atoms with E-state index in [1.165, 1.54) is 12.1 Å². The van der Waals surface area contributed by atoms with Gasteiger partial charge in [-0.2, -0.15) is 0 Å². The predicted molar refractivity (Wildman–Crippen MR) is 101 cm³/mol. The number of amides is 1. The van der Waals surface area contributed by atoms with Crippen molar-refractivity contribution in [3.63, 3.8) is 0 Å². The van der Waals surface area contributed by atoms with E-state index in [9.17, 15) is 9.18 Å². The molecule has 4 nitrogen and oxygen atoms in total. The van der Waals surface area contributed by atoms with Gasteiger partial charge in [0.05, 0.1) is 17.4 Å². The fourth-order valence-corrected chi connectivity index (χ4v) is 3.30. The summed E-state index contributed by atoms with van der Waals surface area (Å²) in [6.07, 6.45) is 4.85. The van der Waals surface area contributed by atoms with Crippen molar-refractivity contribution in [1.82, 2.24) is 14.8 Å². The van der Waals surface area contributed by atoms with Crippen molar-refractivity contribution in [2.45, 2.75) is 25.4 Å². The molecule has 1 fully saturated rings. The van der Waals surface area contributed by atoms with Crippen LogP contribution in [0.15, 0.2) is 48.5 Å². The van der Waals surface area contributed by atoms with E-state index in [-0.39, 0.29) is 17.8 Å². The van der Waals surface area contributed by atoms with Crippen LogP contribution in [0.3, 0.4) is 0 Å². The largest absolute Gasteiger partial charge is 0.331 e. The third kappa shape index (κ3) is 4.35. The number of likely N-dealkylation sites (tertiary alicyclic amines) is 1. The number of pyridine rings is 1. The van der Waals surface area contributed by atoms with Gasteiger partial charge in [0.1, 0.15) is 5.82 Å². The molecule has 0 unspecified atom stereocenters. The summed E-state index contributed by atoms with van der Waals surface area (Å²) in [6, 6.07) is 12.4. The fourth-order valence-electron chi connectivity index (χ4n) is 3.30. The van der Waals surface area contributed by atoms with Crippen LogP contribution in [0.1, 0.15) is 35.8 Å². The van der Waals surface area contributed by atoms with Crippen molar-refractivity contribution >= 4 is 12.0 Å². The molecule has 0 spiro atoms. The van der Waals surface area contributed by atoms with Crippen LogP contribution in [-0.2, 0) is 11.3 Å². The average Bonchev–Trinajstić information content (AvgIpc) is 3.10. The second-order valence-electron chi connectivity index (χ2n) is 6.84. The van der Waals surface area contributed by atoms with Crippen molar-refractivity contribution in [2.24, 2.45) is 0 Å². The molecule has 1 saturated heterocycles. The van der Waals surface area contributed by atoms with E-state index in [1.54, 1.807) is 24.3 Å². The molecule has 5 heteroatoms. The van der Waals surface area contributed by atoms with Crippen LogP contribution in [0.4, 0.5) is 4.39 Å². The first-order valence-corrected chi connectivity index (χ1v) is 8.88. The molecule has 136 valence electrons. The zero-order valence-electron chi connectivity index (χ0n) is 15.2. The number of hydrogen-bond acceptors (Lipinski definition) is 3. The van der Waals surface area contributed by atoms with Gasteiger partial charge in [0, 0.05) is 24.7 Å². The van der Waals surface area contributed by atoms with E-state index in [4.69, 9.17) is 4.98 Å². The smallest absolute Gasteiger partial charge is 0.247 e. The molecule has 2 aromatic rings. The third-order valence-electron chi connectivity index (χ3n) is 4.49. The molecule has 1 aliphatic heterocycles. The Labute approximate surface area is 154 Å². The van der Waals surface area contributed by atoms with Gasteiger partial charge >= 0.3 is 0 Å². The highest BCUT2D eigenvalue weighted by Gasteiger charge is 2.29. The van der Waals surface area contributed by atoms with Gasteiger partial charge in [0.2, 0.25) is 5.91 Å². The maximum atomic E-state index is 13.7. The van der Waals surface area contributed by atoms with Gasteiger partial charge in [-0.25, -0.2) is 4.39 Å². The monoisotopic (exact) mass is 353 g/mol. The first kappa shape index (κ1) is 18.3. The van der Waals surface area contributed by atoms with Crippen molar-refractivity contribution < 1.29 is 9.18 Å². The molecule has 1 amide bonds. The van der Waals surface area contributed by atoms with Crippen molar-refractivity contribution in [3.05, 3.63) is 71.3 Å². The molecule has 1 atom stereocenters. The molecule has 1 aromatic carbocycles. The predicted octanol–water partition coefficient (Wildman–Crippen LogP) is 3.66. The summed E-state index contributed by atoms with van der Waals surface area (Å²) < 4.78 is 13.7. The average molecular weight is 353 g/mol. The van der Waals surface area contributed by atoms with Crippen LogP contribution < -0.4 is 0 Å². The first-order chi connectivity index (χ1) is 12.5. The summed E-state index contributed by atoms with van der Waals surface area (Å²) in [5.74, 6) is -0.428. The lowest BCUT2D eigenvalue weighted by Gasteiger charge is -2.23. The lowest BCUT2D eigenvalue weighted by Crippen LogP contribution is -2.29. The number of rotatable bonds is 5. The van der Waals surface area contributed by atoms with Crippen LogP contribution >= 0.6 is 0 Å². The summed E-state index contributed by atoms with van der Waals surface area (Å²) in [6.45, 7) is 1.46. The number of hydrogen-bond donors (Lipinski definition) is 0. The SMILES string of the molecule is CN(C)Cc1cccc([C@@H]2CCCN2C(=O)/C=C/c2ccccc2F)n1. The standard InChI is InChI=1S/C21H24FN3O/c1-24(2)15-17-8-5-10-19(23-17)20-11-6-14-25(20)21(26)13-12-16-7-3-4-9-18(16)22/h3-5,7-10,12-13,20H,6,11,14-15H2,1-2H3/b13-12+/t20-/m0/s1. The molecular formula is C21H24FN3O. The Kier molecular flexibility index (Phi) is 5.78. The minimum absolute atomic E-state index is 0.0186. The van der Waals surface area contributed by atoms with E-state index in [2.05, 4.69) is 4.90 Å². The van der Waals surface area contributed by atoms with Gasteiger partial charge in [0.15, 0.2) is 0 Å². The van der Waals surface area contributed by atoms with Gasteiger partial charge in [-0.1, -0.05) is 24.3 Å². The number of halogens is 1. The highest BCUT2D eigenvalue weighted by molar-refractivity contribution is 5.92. The lowest BCUT2D eigenvalue weighted by molar-refractivity contribution is -0.126. The molecule has 0 bridgehead atoms. The van der Waals surface area contributed by atoms with E-state index < -0.39 is 0 Å². The van der Waals surface area contributed by atoms with Crippen LogP contribution in [0.25, 0.3) is 6.08 Å². The maximum Gasteiger partial charge on any atom is 0.247 e. The van der Waals surface area contributed by atoms with Crippen LogP contribution in [0.2, 0.25) is 0 Å². The number of benzene rings is 1. The normalized spacial score (nSPS) is 17.4. The number of aromatic nitrogens is 1. The topological polar surface area (TPSA) is 36.4 Å². The van der Waals surface area contributed by atoms with Crippen LogP contribution in [0, 0.1) is 5.82 Å². The second kappa shape index (κ2) is 8.23. The van der Waals surface area contributed by atoms with Crippen molar-refractivity contribution in [3.8, 4) is 0 Å². The Morgan fingerprint density at radius 3 is 2.85 bits per heavy atom. The van der Waals surface area contributed by atoms with E-state index in [0.29, 0.717) is 12.1 Å². The molecule has 1 aliphatic rings. The quantitative estimate of drug-likeness (QED) is 0.770. The summed E-state index contributed by atoms with van der Waals surface area (Å²) >= 11 is 0. The van der Waals surface area contributed by atoms with Crippen LogP contribution in [-0.4, -0.2) is 41.3 Å². The Balaban J connectivity index is 1.75. The second-order valence-corrected chi connectivity index (χ2v) is 6.84. The minimum Gasteiger partial charge on any atom is -0.331 e.